The zero-order valence-electron chi connectivity index (χ0n) is 15.7. The van der Waals surface area contributed by atoms with Gasteiger partial charge in [-0.25, -0.2) is 4.18 Å². The van der Waals surface area contributed by atoms with Crippen molar-refractivity contribution in [2.45, 2.75) is 31.3 Å². The van der Waals surface area contributed by atoms with Gasteiger partial charge in [0.1, 0.15) is 16.4 Å². The van der Waals surface area contributed by atoms with Crippen molar-refractivity contribution in [2.24, 2.45) is 0 Å². The van der Waals surface area contributed by atoms with E-state index in [1.807, 2.05) is 0 Å². The molecule has 0 radical (unpaired) electrons. The summed E-state index contributed by atoms with van der Waals surface area (Å²) < 4.78 is 31.6. The van der Waals surface area contributed by atoms with E-state index in [1.165, 1.54) is 12.1 Å². The van der Waals surface area contributed by atoms with Crippen LogP contribution in [0.25, 0.3) is 0 Å². The van der Waals surface area contributed by atoms with Crippen molar-refractivity contribution in [1.29, 1.82) is 0 Å². The average molecular weight is 396 g/mol. The van der Waals surface area contributed by atoms with Crippen LogP contribution >= 0.6 is 0 Å². The zero-order chi connectivity index (χ0) is 20.3. The van der Waals surface area contributed by atoms with Crippen LogP contribution in [0.5, 0.6) is 11.5 Å². The van der Waals surface area contributed by atoms with E-state index < -0.39 is 15.7 Å². The average Bonchev–Trinajstić information content (AvgIpc) is 2.90. The summed E-state index contributed by atoms with van der Waals surface area (Å²) in [4.78, 5) is 0.115. The number of fused-ring (bicyclic) bond motifs is 1. The highest BCUT2D eigenvalue weighted by molar-refractivity contribution is 7.87. The van der Waals surface area contributed by atoms with Gasteiger partial charge >= 0.3 is 0 Å². The molecule has 1 atom stereocenters. The summed E-state index contributed by atoms with van der Waals surface area (Å²) in [5, 5.41) is 20.2. The number of aromatic hydroxyl groups is 2. The van der Waals surface area contributed by atoms with Gasteiger partial charge < -0.3 is 10.2 Å². The van der Waals surface area contributed by atoms with Gasteiger partial charge in [0.05, 0.1) is 0 Å². The fourth-order valence-corrected chi connectivity index (χ4v) is 5.26. The molecule has 4 rings (SSSR count). The molecule has 5 nitrogen and oxygen atoms in total. The first-order valence-corrected chi connectivity index (χ1v) is 10.2. The quantitative estimate of drug-likeness (QED) is 0.639. The van der Waals surface area contributed by atoms with Crippen molar-refractivity contribution in [2.75, 3.05) is 0 Å². The van der Waals surface area contributed by atoms with E-state index in [-0.39, 0.29) is 16.4 Å². The van der Waals surface area contributed by atoms with E-state index in [1.54, 1.807) is 63.2 Å². The molecule has 0 fully saturated rings. The van der Waals surface area contributed by atoms with Crippen molar-refractivity contribution < 1.29 is 22.8 Å². The van der Waals surface area contributed by atoms with Crippen molar-refractivity contribution in [1.82, 2.24) is 0 Å². The predicted octanol–water partition coefficient (Wildman–Crippen LogP) is 4.03. The Labute approximate surface area is 164 Å². The lowest BCUT2D eigenvalue weighted by Gasteiger charge is -2.30. The molecule has 6 heteroatoms. The first-order chi connectivity index (χ1) is 13.2. The molecule has 28 heavy (non-hydrogen) atoms. The molecule has 0 bridgehead atoms. The number of phenols is 2. The van der Waals surface area contributed by atoms with Crippen LogP contribution in [-0.4, -0.2) is 18.6 Å². The monoisotopic (exact) mass is 396 g/mol. The van der Waals surface area contributed by atoms with Gasteiger partial charge in [0.25, 0.3) is 10.1 Å². The Hall–Kier alpha value is -2.83. The molecule has 1 aliphatic heterocycles. The highest BCUT2D eigenvalue weighted by Gasteiger charge is 2.51. The summed E-state index contributed by atoms with van der Waals surface area (Å²) >= 11 is 0. The summed E-state index contributed by atoms with van der Waals surface area (Å²) in [5.74, 6) is 0.279. The molecule has 144 valence electrons. The van der Waals surface area contributed by atoms with Crippen LogP contribution in [0.3, 0.4) is 0 Å². The molecule has 0 saturated heterocycles. The van der Waals surface area contributed by atoms with Crippen LogP contribution in [-0.2, 0) is 19.9 Å². The lowest BCUT2D eigenvalue weighted by atomic mass is 9.79. The largest absolute Gasteiger partial charge is 0.508 e. The van der Waals surface area contributed by atoms with E-state index in [2.05, 4.69) is 0 Å². The summed E-state index contributed by atoms with van der Waals surface area (Å²) in [6, 6.07) is 15.1. The molecule has 2 N–H and O–H groups in total. The molecule has 0 aromatic heterocycles. The maximum atomic E-state index is 12.9. The number of hydrogen-bond donors (Lipinski definition) is 2. The van der Waals surface area contributed by atoms with Gasteiger partial charge in [0.15, 0.2) is 5.60 Å². The van der Waals surface area contributed by atoms with Gasteiger partial charge in [-0.05, 0) is 78.9 Å². The molecule has 1 heterocycles. The smallest absolute Gasteiger partial charge is 0.298 e. The molecule has 1 unspecified atom stereocenters. The molecule has 1 aliphatic rings. The Kier molecular flexibility index (Phi) is 4.03. The first-order valence-electron chi connectivity index (χ1n) is 8.83. The SMILES string of the molecule is Cc1cc(C2(c3cc(C)c(O)c(C)c3)OS(=O)(=O)c3ccccc32)ccc1O. The summed E-state index contributed by atoms with van der Waals surface area (Å²) in [6.07, 6.45) is 0. The van der Waals surface area contributed by atoms with Crippen molar-refractivity contribution in [3.63, 3.8) is 0 Å². The number of benzene rings is 3. The highest BCUT2D eigenvalue weighted by Crippen LogP contribution is 2.51. The van der Waals surface area contributed by atoms with Crippen LogP contribution in [0.1, 0.15) is 33.4 Å². The molecule has 0 saturated carbocycles. The number of aryl methyl sites for hydroxylation is 3. The molecule has 0 aliphatic carbocycles. The summed E-state index contributed by atoms with van der Waals surface area (Å²) in [7, 11) is -3.99. The molecule has 0 spiro atoms. The lowest BCUT2D eigenvalue weighted by molar-refractivity contribution is 0.180. The van der Waals surface area contributed by atoms with Crippen molar-refractivity contribution in [3.05, 3.63) is 88.0 Å². The molecule has 3 aromatic carbocycles. The Morgan fingerprint density at radius 1 is 0.821 bits per heavy atom. The predicted molar refractivity (Wildman–Crippen MR) is 105 cm³/mol. The Bertz CT molecular complexity index is 1190. The van der Waals surface area contributed by atoms with Gasteiger partial charge in [0.2, 0.25) is 0 Å². The second-order valence-corrected chi connectivity index (χ2v) is 8.69. The lowest BCUT2D eigenvalue weighted by Crippen LogP contribution is -2.30. The van der Waals surface area contributed by atoms with Crippen LogP contribution < -0.4 is 0 Å². The van der Waals surface area contributed by atoms with E-state index >= 15 is 0 Å². The van der Waals surface area contributed by atoms with E-state index in [0.717, 1.165) is 0 Å². The molecule has 0 amide bonds. The fourth-order valence-electron chi connectivity index (χ4n) is 3.84. The third kappa shape index (κ3) is 2.52. The maximum absolute atomic E-state index is 12.9. The third-order valence-electron chi connectivity index (χ3n) is 5.27. The Morgan fingerprint density at radius 3 is 2.07 bits per heavy atom. The minimum atomic E-state index is -3.99. The number of rotatable bonds is 2. The summed E-state index contributed by atoms with van der Waals surface area (Å²) in [6.45, 7) is 5.27. The van der Waals surface area contributed by atoms with Gasteiger partial charge in [-0.1, -0.05) is 24.3 Å². The standard InChI is InChI=1S/C22H20O5S/c1-13-10-16(8-9-19(13)23)22(17-11-14(2)21(24)15(3)12-17)18-6-4-5-7-20(18)28(25,26)27-22/h4-12,23-24H,1-3H3. The van der Waals surface area contributed by atoms with Crippen LogP contribution in [0, 0.1) is 20.8 Å². The van der Waals surface area contributed by atoms with Gasteiger partial charge in [0, 0.05) is 5.56 Å². The van der Waals surface area contributed by atoms with Gasteiger partial charge in [-0.15, -0.1) is 0 Å². The van der Waals surface area contributed by atoms with Crippen LogP contribution in [0.15, 0.2) is 59.5 Å². The molecular formula is C22H20O5S. The summed E-state index contributed by atoms with van der Waals surface area (Å²) in [5.41, 5.74) is 2.13. The van der Waals surface area contributed by atoms with E-state index in [0.29, 0.717) is 33.4 Å². The topological polar surface area (TPSA) is 83.8 Å². The number of hydrogen-bond acceptors (Lipinski definition) is 5. The third-order valence-corrected chi connectivity index (χ3v) is 6.64. The van der Waals surface area contributed by atoms with Gasteiger partial charge in [-0.2, -0.15) is 8.42 Å². The van der Waals surface area contributed by atoms with Crippen molar-refractivity contribution >= 4 is 10.1 Å². The van der Waals surface area contributed by atoms with Crippen molar-refractivity contribution in [3.8, 4) is 11.5 Å². The first kappa shape index (κ1) is 18.5. The van der Waals surface area contributed by atoms with E-state index in [4.69, 9.17) is 4.18 Å². The zero-order valence-corrected chi connectivity index (χ0v) is 16.5. The van der Waals surface area contributed by atoms with E-state index in [9.17, 15) is 18.6 Å². The van der Waals surface area contributed by atoms with Gasteiger partial charge in [-0.3, -0.25) is 0 Å². The fraction of sp³-hybridized carbons (Fsp3) is 0.182. The molecule has 3 aromatic rings. The maximum Gasteiger partial charge on any atom is 0.298 e. The Balaban J connectivity index is 2.14. The normalized spacial score (nSPS) is 20.1. The minimum Gasteiger partial charge on any atom is -0.508 e. The highest BCUT2D eigenvalue weighted by atomic mass is 32.2. The number of phenolic OH excluding ortho intramolecular Hbond substituents is 2. The minimum absolute atomic E-state index is 0.115. The van der Waals surface area contributed by atoms with Crippen LogP contribution in [0.4, 0.5) is 0 Å². The second-order valence-electron chi connectivity index (χ2n) is 7.17. The second kappa shape index (κ2) is 6.09. The Morgan fingerprint density at radius 2 is 1.43 bits per heavy atom. The molecular weight excluding hydrogens is 376 g/mol. The van der Waals surface area contributed by atoms with Crippen LogP contribution in [0.2, 0.25) is 0 Å².